The maximum atomic E-state index is 15.1. The predicted molar refractivity (Wildman–Crippen MR) is 126 cm³/mol. The molecule has 34 heavy (non-hydrogen) atoms. The number of guanidine groups is 1. The van der Waals surface area contributed by atoms with Crippen LogP contribution >= 0.6 is 0 Å². The van der Waals surface area contributed by atoms with Gasteiger partial charge in [0.25, 0.3) is 0 Å². The summed E-state index contributed by atoms with van der Waals surface area (Å²) in [5, 5.41) is 0. The van der Waals surface area contributed by atoms with Crippen molar-refractivity contribution < 1.29 is 23.5 Å². The van der Waals surface area contributed by atoms with Crippen molar-refractivity contribution in [1.82, 2.24) is 4.90 Å². The molecule has 0 aromatic heterocycles. The quantitative estimate of drug-likeness (QED) is 0.506. The van der Waals surface area contributed by atoms with Gasteiger partial charge < -0.3 is 30.7 Å². The van der Waals surface area contributed by atoms with Crippen molar-refractivity contribution in [2.75, 3.05) is 44.3 Å². The highest BCUT2D eigenvalue weighted by molar-refractivity contribution is 5.87. The number of anilines is 1. The maximum absolute atomic E-state index is 15.1. The first kappa shape index (κ1) is 24.3. The first-order valence-corrected chi connectivity index (χ1v) is 12.0. The Hall–Kier alpha value is -2.88. The van der Waals surface area contributed by atoms with E-state index >= 15 is 4.39 Å². The van der Waals surface area contributed by atoms with Crippen LogP contribution in [0.25, 0.3) is 0 Å². The minimum atomic E-state index is -0.952. The zero-order valence-corrected chi connectivity index (χ0v) is 19.5. The molecule has 9 nitrogen and oxygen atoms in total. The molecule has 10 heteroatoms. The number of likely N-dealkylation sites (tertiary alicyclic amines) is 1. The van der Waals surface area contributed by atoms with E-state index in [-0.39, 0.29) is 29.4 Å². The second kappa shape index (κ2) is 10.6. The lowest BCUT2D eigenvalue weighted by Crippen LogP contribution is -2.50. The van der Waals surface area contributed by atoms with Crippen molar-refractivity contribution in [3.63, 3.8) is 0 Å². The van der Waals surface area contributed by atoms with Crippen molar-refractivity contribution in [3.8, 4) is 0 Å². The molecule has 0 unspecified atom stereocenters. The average Bonchev–Trinajstić information content (AvgIpc) is 2.84. The summed E-state index contributed by atoms with van der Waals surface area (Å²) < 4.78 is 25.5. The van der Waals surface area contributed by atoms with Gasteiger partial charge in [0.1, 0.15) is 6.61 Å². The third-order valence-corrected chi connectivity index (χ3v) is 7.50. The van der Waals surface area contributed by atoms with Gasteiger partial charge in [-0.1, -0.05) is 12.1 Å². The number of piperidine rings is 2. The third kappa shape index (κ3) is 5.60. The molecule has 3 heterocycles. The van der Waals surface area contributed by atoms with E-state index < -0.39 is 17.9 Å². The van der Waals surface area contributed by atoms with E-state index in [2.05, 4.69) is 9.89 Å². The van der Waals surface area contributed by atoms with Crippen LogP contribution in [0, 0.1) is 17.2 Å². The van der Waals surface area contributed by atoms with E-state index in [0.29, 0.717) is 18.9 Å². The molecule has 2 amide bonds. The first-order chi connectivity index (χ1) is 16.4. The Labute approximate surface area is 199 Å². The molecule has 1 spiro atoms. The summed E-state index contributed by atoms with van der Waals surface area (Å²) in [6, 6.07) is 5.09. The summed E-state index contributed by atoms with van der Waals surface area (Å²) in [6.45, 7) is 4.23. The summed E-state index contributed by atoms with van der Waals surface area (Å²) >= 11 is 0. The molecule has 0 radical (unpaired) electrons. The van der Waals surface area contributed by atoms with Crippen LogP contribution in [0.4, 0.5) is 14.9 Å². The summed E-state index contributed by atoms with van der Waals surface area (Å²) in [6.07, 6.45) is 4.63. The van der Waals surface area contributed by atoms with Crippen LogP contribution < -0.4 is 16.4 Å². The van der Waals surface area contributed by atoms with Gasteiger partial charge in [-0.25, -0.2) is 9.18 Å². The van der Waals surface area contributed by atoms with Crippen molar-refractivity contribution in [3.05, 3.63) is 29.6 Å². The molecule has 0 aliphatic carbocycles. The number of rotatable bonds is 4. The van der Waals surface area contributed by atoms with Gasteiger partial charge in [0.15, 0.2) is 11.8 Å². The number of carbonyl (C=O) groups is 2. The Morgan fingerprint density at radius 3 is 2.38 bits per heavy atom. The highest BCUT2D eigenvalue weighted by Gasteiger charge is 2.40. The Morgan fingerprint density at radius 2 is 1.74 bits per heavy atom. The van der Waals surface area contributed by atoms with Gasteiger partial charge >= 0.3 is 6.09 Å². The third-order valence-electron chi connectivity index (χ3n) is 7.50. The van der Waals surface area contributed by atoms with Gasteiger partial charge in [-0.05, 0) is 50.0 Å². The highest BCUT2D eigenvalue weighted by atomic mass is 19.1. The van der Waals surface area contributed by atoms with Crippen LogP contribution in [0.3, 0.4) is 0 Å². The molecule has 4 N–H and O–H groups in total. The maximum Gasteiger partial charge on any atom is 0.437 e. The molecule has 1 aromatic rings. The van der Waals surface area contributed by atoms with E-state index in [1.54, 1.807) is 18.2 Å². The zero-order chi connectivity index (χ0) is 24.1. The fourth-order valence-electron chi connectivity index (χ4n) is 5.33. The molecule has 3 aliphatic heterocycles. The first-order valence-electron chi connectivity index (χ1n) is 12.0. The smallest absolute Gasteiger partial charge is 0.437 e. The fraction of sp³-hybridized carbons (Fsp3) is 0.625. The standard InChI is InChI=1S/C24H34FN5O4/c25-20-18(16-34-23(32)28-22(26)27)2-1-3-19(20)29-10-6-24(7-11-29)8-12-30(13-9-24)21(31)17-4-14-33-15-5-17/h1-3,17H,4-16H2,(H4,26,27,28,32). The molecule has 3 saturated heterocycles. The van der Waals surface area contributed by atoms with Crippen molar-refractivity contribution in [2.24, 2.45) is 27.8 Å². The van der Waals surface area contributed by atoms with E-state index in [1.807, 2.05) is 4.90 Å². The molecule has 4 rings (SSSR count). The van der Waals surface area contributed by atoms with Crippen LogP contribution in [0.15, 0.2) is 23.2 Å². The summed E-state index contributed by atoms with van der Waals surface area (Å²) in [5.41, 5.74) is 11.3. The number of nitrogens with zero attached hydrogens (tertiary/aromatic N) is 3. The monoisotopic (exact) mass is 475 g/mol. The van der Waals surface area contributed by atoms with Gasteiger partial charge in [0.05, 0.1) is 5.69 Å². The average molecular weight is 476 g/mol. The van der Waals surface area contributed by atoms with E-state index in [1.165, 1.54) is 0 Å². The summed E-state index contributed by atoms with van der Waals surface area (Å²) in [7, 11) is 0. The number of hydrogen-bond donors (Lipinski definition) is 2. The van der Waals surface area contributed by atoms with Crippen LogP contribution in [0.5, 0.6) is 0 Å². The number of amides is 2. The Balaban J connectivity index is 1.30. The minimum Gasteiger partial charge on any atom is -0.443 e. The number of benzene rings is 1. The second-order valence-electron chi connectivity index (χ2n) is 9.54. The normalized spacial score (nSPS) is 20.7. The largest absolute Gasteiger partial charge is 0.443 e. The van der Waals surface area contributed by atoms with Crippen molar-refractivity contribution >= 4 is 23.6 Å². The molecule has 0 bridgehead atoms. The van der Waals surface area contributed by atoms with Crippen molar-refractivity contribution in [1.29, 1.82) is 0 Å². The lowest BCUT2D eigenvalue weighted by atomic mass is 9.71. The summed E-state index contributed by atoms with van der Waals surface area (Å²) in [5.74, 6) is -0.401. The van der Waals surface area contributed by atoms with Crippen LogP contribution in [-0.2, 0) is 20.9 Å². The molecule has 186 valence electrons. The number of hydrogen-bond acceptors (Lipinski definition) is 5. The fourth-order valence-corrected chi connectivity index (χ4v) is 5.33. The van der Waals surface area contributed by atoms with E-state index in [0.717, 1.165) is 64.7 Å². The van der Waals surface area contributed by atoms with E-state index in [4.69, 9.17) is 20.9 Å². The molecule has 0 saturated carbocycles. The lowest BCUT2D eigenvalue weighted by Gasteiger charge is -2.48. The SMILES string of the molecule is NC(N)=NC(=O)OCc1cccc(N2CCC3(CCN(C(=O)C4CCOCC4)CC3)CC2)c1F. The topological polar surface area (TPSA) is 123 Å². The van der Waals surface area contributed by atoms with Crippen LogP contribution in [0.2, 0.25) is 0 Å². The predicted octanol–water partition coefficient (Wildman–Crippen LogP) is 2.37. The Morgan fingerprint density at radius 1 is 1.09 bits per heavy atom. The molecular formula is C24H34FN5O4. The van der Waals surface area contributed by atoms with Crippen LogP contribution in [0.1, 0.15) is 44.1 Å². The van der Waals surface area contributed by atoms with Gasteiger partial charge in [0, 0.05) is 50.9 Å². The number of aliphatic imine (C=N–C) groups is 1. The molecule has 1 aromatic carbocycles. The Kier molecular flexibility index (Phi) is 7.55. The van der Waals surface area contributed by atoms with Gasteiger partial charge in [-0.3, -0.25) is 4.79 Å². The zero-order valence-electron chi connectivity index (χ0n) is 19.5. The molecule has 3 aliphatic rings. The summed E-state index contributed by atoms with van der Waals surface area (Å²) in [4.78, 5) is 31.7. The van der Waals surface area contributed by atoms with Crippen LogP contribution in [-0.4, -0.2) is 62.3 Å². The number of carbonyl (C=O) groups excluding carboxylic acids is 2. The lowest BCUT2D eigenvalue weighted by molar-refractivity contribution is -0.141. The van der Waals surface area contributed by atoms with Gasteiger partial charge in [-0.15, -0.1) is 4.99 Å². The highest BCUT2D eigenvalue weighted by Crippen LogP contribution is 2.43. The Bertz CT molecular complexity index is 912. The molecule has 3 fully saturated rings. The molecule has 0 atom stereocenters. The number of ether oxygens (including phenoxy) is 2. The van der Waals surface area contributed by atoms with Gasteiger partial charge in [0.2, 0.25) is 5.91 Å². The van der Waals surface area contributed by atoms with Crippen molar-refractivity contribution in [2.45, 2.75) is 45.1 Å². The number of halogens is 1. The minimum absolute atomic E-state index is 0.110. The second-order valence-corrected chi connectivity index (χ2v) is 9.54. The van der Waals surface area contributed by atoms with Gasteiger partial charge in [-0.2, -0.15) is 0 Å². The number of nitrogens with two attached hydrogens (primary N) is 2. The van der Waals surface area contributed by atoms with E-state index in [9.17, 15) is 9.59 Å². The molecular weight excluding hydrogens is 441 g/mol.